The van der Waals surface area contributed by atoms with E-state index in [1.54, 1.807) is 0 Å². The van der Waals surface area contributed by atoms with Gasteiger partial charge in [0, 0.05) is 5.69 Å². The monoisotopic (exact) mass is 296 g/mol. The maximum Gasteiger partial charge on any atom is 0.0314 e. The second-order valence-corrected chi connectivity index (χ2v) is 5.87. The third-order valence-electron chi connectivity index (χ3n) is 4.15. The topological polar surface area (TPSA) is 29.3 Å². The Bertz CT molecular complexity index is 519. The van der Waals surface area contributed by atoms with Crippen molar-refractivity contribution < 1.29 is 0 Å². The third kappa shape index (κ3) is 5.90. The number of nitrogen functional groups attached to an aromatic ring is 1. The van der Waals surface area contributed by atoms with Crippen LogP contribution in [0.5, 0.6) is 0 Å². The molecule has 2 rings (SSSR count). The zero-order valence-electron chi connectivity index (χ0n) is 13.7. The molecule has 2 heteroatoms. The molecule has 118 valence electrons. The zero-order valence-corrected chi connectivity index (χ0v) is 13.7. The van der Waals surface area contributed by atoms with E-state index in [4.69, 9.17) is 5.73 Å². The van der Waals surface area contributed by atoms with Crippen molar-refractivity contribution in [2.75, 3.05) is 25.4 Å². The van der Waals surface area contributed by atoms with Crippen LogP contribution in [0.15, 0.2) is 54.6 Å². The first kappa shape index (κ1) is 16.6. The van der Waals surface area contributed by atoms with Gasteiger partial charge in [0.05, 0.1) is 0 Å². The van der Waals surface area contributed by atoms with Crippen molar-refractivity contribution in [3.05, 3.63) is 65.7 Å². The number of nitrogens with two attached hydrogens (primary N) is 1. The van der Waals surface area contributed by atoms with Crippen LogP contribution < -0.4 is 5.73 Å². The first-order valence-electron chi connectivity index (χ1n) is 8.38. The number of hydrogen-bond donors (Lipinski definition) is 1. The Morgan fingerprint density at radius 3 is 1.86 bits per heavy atom. The normalized spacial score (nSPS) is 11.0. The van der Waals surface area contributed by atoms with Gasteiger partial charge < -0.3 is 10.6 Å². The van der Waals surface area contributed by atoms with Crippen molar-refractivity contribution in [1.29, 1.82) is 0 Å². The molecular weight excluding hydrogens is 268 g/mol. The lowest BCUT2D eigenvalue weighted by Gasteiger charge is -2.20. The number of hydrogen-bond acceptors (Lipinski definition) is 2. The molecule has 0 unspecified atom stereocenters. The fourth-order valence-corrected chi connectivity index (χ4v) is 2.77. The van der Waals surface area contributed by atoms with Crippen molar-refractivity contribution in [1.82, 2.24) is 4.90 Å². The largest absolute Gasteiger partial charge is 0.399 e. The average molecular weight is 296 g/mol. The molecule has 0 aliphatic rings. The van der Waals surface area contributed by atoms with E-state index in [1.165, 1.54) is 43.5 Å². The van der Waals surface area contributed by atoms with Gasteiger partial charge in [0.15, 0.2) is 0 Å². The summed E-state index contributed by atoms with van der Waals surface area (Å²) in [4.78, 5) is 2.56. The molecule has 0 spiro atoms. The SMILES string of the molecule is CCN(CCCc1ccccc1)CCCc1ccc(N)cc1. The maximum absolute atomic E-state index is 5.72. The summed E-state index contributed by atoms with van der Waals surface area (Å²) in [6, 6.07) is 19.0. The highest BCUT2D eigenvalue weighted by atomic mass is 15.1. The second kappa shape index (κ2) is 9.26. The number of nitrogens with zero attached hydrogens (tertiary/aromatic N) is 1. The highest BCUT2D eigenvalue weighted by molar-refractivity contribution is 5.39. The van der Waals surface area contributed by atoms with E-state index in [1.807, 2.05) is 12.1 Å². The van der Waals surface area contributed by atoms with Crippen molar-refractivity contribution >= 4 is 5.69 Å². The van der Waals surface area contributed by atoms with E-state index in [0.717, 1.165) is 18.7 Å². The van der Waals surface area contributed by atoms with Gasteiger partial charge in [-0.05, 0) is 68.6 Å². The van der Waals surface area contributed by atoms with Crippen molar-refractivity contribution in [2.45, 2.75) is 32.6 Å². The van der Waals surface area contributed by atoms with Gasteiger partial charge in [-0.2, -0.15) is 0 Å². The van der Waals surface area contributed by atoms with Gasteiger partial charge >= 0.3 is 0 Å². The molecule has 0 saturated heterocycles. The van der Waals surface area contributed by atoms with Gasteiger partial charge in [0.25, 0.3) is 0 Å². The fraction of sp³-hybridized carbons (Fsp3) is 0.400. The Hall–Kier alpha value is -1.80. The predicted molar refractivity (Wildman–Crippen MR) is 96.1 cm³/mol. The summed E-state index contributed by atoms with van der Waals surface area (Å²) >= 11 is 0. The first-order valence-corrected chi connectivity index (χ1v) is 8.38. The lowest BCUT2D eigenvalue weighted by atomic mass is 10.1. The summed E-state index contributed by atoms with van der Waals surface area (Å²) in [5, 5.41) is 0. The molecular formula is C20H28N2. The molecule has 0 saturated carbocycles. The Morgan fingerprint density at radius 2 is 1.32 bits per heavy atom. The second-order valence-electron chi connectivity index (χ2n) is 5.87. The smallest absolute Gasteiger partial charge is 0.0314 e. The molecule has 2 aromatic rings. The molecule has 0 aliphatic heterocycles. The molecule has 0 fully saturated rings. The standard InChI is InChI=1S/C20H28N2/c1-2-22(16-6-10-18-8-4-3-5-9-18)17-7-11-19-12-14-20(21)15-13-19/h3-5,8-9,12-15H,2,6-7,10-11,16-17,21H2,1H3. The summed E-state index contributed by atoms with van der Waals surface area (Å²) in [5.74, 6) is 0. The van der Waals surface area contributed by atoms with E-state index in [-0.39, 0.29) is 0 Å². The molecule has 0 bridgehead atoms. The van der Waals surface area contributed by atoms with Crippen LogP contribution in [0.3, 0.4) is 0 Å². The molecule has 2 aromatic carbocycles. The molecule has 0 atom stereocenters. The van der Waals surface area contributed by atoms with Crippen LogP contribution in [0.2, 0.25) is 0 Å². The average Bonchev–Trinajstić information content (AvgIpc) is 2.56. The van der Waals surface area contributed by atoms with Crippen LogP contribution in [0.4, 0.5) is 5.69 Å². The quantitative estimate of drug-likeness (QED) is 0.704. The summed E-state index contributed by atoms with van der Waals surface area (Å²) in [5.41, 5.74) is 9.40. The molecule has 0 amide bonds. The summed E-state index contributed by atoms with van der Waals surface area (Å²) in [6.45, 7) is 5.76. The minimum atomic E-state index is 0.847. The van der Waals surface area contributed by atoms with E-state index >= 15 is 0 Å². The summed E-state index contributed by atoms with van der Waals surface area (Å²) in [7, 11) is 0. The minimum Gasteiger partial charge on any atom is -0.399 e. The summed E-state index contributed by atoms with van der Waals surface area (Å²) < 4.78 is 0. The van der Waals surface area contributed by atoms with Gasteiger partial charge in [-0.25, -0.2) is 0 Å². The molecule has 0 radical (unpaired) electrons. The Kier molecular flexibility index (Phi) is 6.98. The van der Waals surface area contributed by atoms with Crippen LogP contribution in [0, 0.1) is 0 Å². The van der Waals surface area contributed by atoms with Crippen molar-refractivity contribution in [3.63, 3.8) is 0 Å². The van der Waals surface area contributed by atoms with Crippen molar-refractivity contribution in [2.24, 2.45) is 0 Å². The van der Waals surface area contributed by atoms with Crippen LogP contribution in [0.1, 0.15) is 30.9 Å². The number of anilines is 1. The van der Waals surface area contributed by atoms with Crippen LogP contribution >= 0.6 is 0 Å². The highest BCUT2D eigenvalue weighted by Crippen LogP contribution is 2.09. The summed E-state index contributed by atoms with van der Waals surface area (Å²) in [6.07, 6.45) is 4.76. The van der Waals surface area contributed by atoms with Crippen LogP contribution in [-0.4, -0.2) is 24.5 Å². The third-order valence-corrected chi connectivity index (χ3v) is 4.15. The lowest BCUT2D eigenvalue weighted by Crippen LogP contribution is -2.26. The van der Waals surface area contributed by atoms with Gasteiger partial charge in [-0.3, -0.25) is 0 Å². The Morgan fingerprint density at radius 1 is 0.773 bits per heavy atom. The number of benzene rings is 2. The number of rotatable bonds is 9. The van der Waals surface area contributed by atoms with Crippen molar-refractivity contribution in [3.8, 4) is 0 Å². The Balaban J connectivity index is 1.65. The molecule has 0 aliphatic carbocycles. The molecule has 2 N–H and O–H groups in total. The molecule has 0 aromatic heterocycles. The molecule has 2 nitrogen and oxygen atoms in total. The maximum atomic E-state index is 5.72. The van der Waals surface area contributed by atoms with Gasteiger partial charge in [-0.15, -0.1) is 0 Å². The first-order chi connectivity index (χ1) is 10.8. The molecule has 22 heavy (non-hydrogen) atoms. The van der Waals surface area contributed by atoms with Gasteiger partial charge in [0.2, 0.25) is 0 Å². The van der Waals surface area contributed by atoms with Gasteiger partial charge in [-0.1, -0.05) is 49.4 Å². The Labute approximate surface area is 135 Å². The molecule has 0 heterocycles. The van der Waals surface area contributed by atoms with Crippen LogP contribution in [-0.2, 0) is 12.8 Å². The van der Waals surface area contributed by atoms with Gasteiger partial charge in [0.1, 0.15) is 0 Å². The minimum absolute atomic E-state index is 0.847. The van der Waals surface area contributed by atoms with E-state index in [9.17, 15) is 0 Å². The van der Waals surface area contributed by atoms with E-state index < -0.39 is 0 Å². The highest BCUT2D eigenvalue weighted by Gasteiger charge is 2.03. The van der Waals surface area contributed by atoms with E-state index in [2.05, 4.69) is 54.3 Å². The van der Waals surface area contributed by atoms with Crippen LogP contribution in [0.25, 0.3) is 0 Å². The van der Waals surface area contributed by atoms with E-state index in [0.29, 0.717) is 0 Å². The zero-order chi connectivity index (χ0) is 15.6. The lowest BCUT2D eigenvalue weighted by molar-refractivity contribution is 0.281. The fourth-order valence-electron chi connectivity index (χ4n) is 2.77. The predicted octanol–water partition coefficient (Wildman–Crippen LogP) is 4.16. The number of aryl methyl sites for hydroxylation is 2.